The first-order chi connectivity index (χ1) is 16.2. The molecule has 2 aromatic carbocycles. The Morgan fingerprint density at radius 3 is 2.27 bits per heavy atom. The molecule has 4 aromatic rings. The van der Waals surface area contributed by atoms with Crippen LogP contribution in [0.2, 0.25) is 0 Å². The molecule has 0 spiro atoms. The van der Waals surface area contributed by atoms with Crippen molar-refractivity contribution in [3.05, 3.63) is 78.0 Å². The first kappa shape index (κ1) is 22.8. The number of carbonyl (C=O) groups is 1. The highest BCUT2D eigenvalue weighted by atomic mass is 32.2. The van der Waals surface area contributed by atoms with Crippen molar-refractivity contribution in [2.45, 2.75) is 31.0 Å². The molecule has 0 atom stereocenters. The molecule has 0 bridgehead atoms. The molecule has 4 rings (SSSR count). The van der Waals surface area contributed by atoms with Crippen molar-refractivity contribution in [3.63, 3.8) is 0 Å². The van der Waals surface area contributed by atoms with Gasteiger partial charge in [-0.15, -0.1) is 0 Å². The van der Waals surface area contributed by atoms with Gasteiger partial charge >= 0.3 is 0 Å². The van der Waals surface area contributed by atoms with E-state index < -0.39 is 0 Å². The van der Waals surface area contributed by atoms with Crippen molar-refractivity contribution in [1.29, 1.82) is 0 Å². The lowest BCUT2D eigenvalue weighted by Crippen LogP contribution is -2.32. The molecule has 0 radical (unpaired) electrons. The third kappa shape index (κ3) is 5.34. The summed E-state index contributed by atoms with van der Waals surface area (Å²) in [4.78, 5) is 22.5. The second-order valence-electron chi connectivity index (χ2n) is 7.64. The predicted octanol–water partition coefficient (Wildman–Crippen LogP) is 4.32. The molecule has 170 valence electrons. The molecule has 0 aliphatic rings. The quantitative estimate of drug-likeness (QED) is 0.271. The summed E-state index contributed by atoms with van der Waals surface area (Å²) >= 11 is 1.50. The van der Waals surface area contributed by atoms with E-state index in [4.69, 9.17) is 0 Å². The van der Waals surface area contributed by atoms with Crippen LogP contribution in [0.4, 0.5) is 5.82 Å². The van der Waals surface area contributed by atoms with E-state index in [1.807, 2.05) is 71.6 Å². The predicted molar refractivity (Wildman–Crippen MR) is 134 cm³/mol. The standard InChI is InChI=1S/C25H28N6OS/c1-3-14-26-22-20-17-28-31(23(20)30-25(29-22)33-2)16-15-27-24(32)21(18-10-6-4-7-11-18)19-12-8-5-9-13-19/h4-13,17,21H,3,14-16H2,1-2H3,(H,27,32)(H,26,29,30). The van der Waals surface area contributed by atoms with Gasteiger partial charge in [0.1, 0.15) is 5.82 Å². The van der Waals surface area contributed by atoms with Crippen molar-refractivity contribution in [2.75, 3.05) is 24.7 Å². The Kier molecular flexibility index (Phi) is 7.57. The van der Waals surface area contributed by atoms with Crippen LogP contribution in [0.25, 0.3) is 11.0 Å². The number of aromatic nitrogens is 4. The molecule has 0 aliphatic carbocycles. The first-order valence-electron chi connectivity index (χ1n) is 11.1. The zero-order chi connectivity index (χ0) is 23.0. The van der Waals surface area contributed by atoms with Crippen LogP contribution in [-0.2, 0) is 11.3 Å². The van der Waals surface area contributed by atoms with E-state index in [0.29, 0.717) is 18.2 Å². The number of thioether (sulfide) groups is 1. The fourth-order valence-electron chi connectivity index (χ4n) is 3.74. The fraction of sp³-hybridized carbons (Fsp3) is 0.280. The topological polar surface area (TPSA) is 84.7 Å². The second kappa shape index (κ2) is 11.0. The summed E-state index contributed by atoms with van der Waals surface area (Å²) in [5.41, 5.74) is 2.70. The van der Waals surface area contributed by atoms with Crippen molar-refractivity contribution < 1.29 is 4.79 Å². The van der Waals surface area contributed by atoms with E-state index in [1.165, 1.54) is 11.8 Å². The SMILES string of the molecule is CCCNc1nc(SC)nc2c1cnn2CCNC(=O)C(c1ccccc1)c1ccccc1. The molecule has 8 heteroatoms. The molecule has 0 aliphatic heterocycles. The van der Waals surface area contributed by atoms with Crippen molar-refractivity contribution in [1.82, 2.24) is 25.1 Å². The van der Waals surface area contributed by atoms with Gasteiger partial charge in [0.2, 0.25) is 5.91 Å². The van der Waals surface area contributed by atoms with Crippen LogP contribution in [0.3, 0.4) is 0 Å². The zero-order valence-corrected chi connectivity index (χ0v) is 19.7. The maximum atomic E-state index is 13.2. The number of anilines is 1. The van der Waals surface area contributed by atoms with E-state index in [1.54, 1.807) is 6.20 Å². The average Bonchev–Trinajstić information content (AvgIpc) is 3.27. The molecule has 2 heterocycles. The number of rotatable bonds is 10. The number of fused-ring (bicyclic) bond motifs is 1. The number of benzene rings is 2. The summed E-state index contributed by atoms with van der Waals surface area (Å²) < 4.78 is 1.83. The maximum Gasteiger partial charge on any atom is 0.232 e. The van der Waals surface area contributed by atoms with Crippen molar-refractivity contribution in [3.8, 4) is 0 Å². The Bertz CT molecular complexity index is 1160. The third-order valence-electron chi connectivity index (χ3n) is 5.35. The van der Waals surface area contributed by atoms with Crippen LogP contribution in [0.15, 0.2) is 72.0 Å². The fourth-order valence-corrected chi connectivity index (χ4v) is 4.10. The van der Waals surface area contributed by atoms with Crippen molar-refractivity contribution >= 4 is 34.5 Å². The van der Waals surface area contributed by atoms with Gasteiger partial charge in [0.05, 0.1) is 24.0 Å². The summed E-state index contributed by atoms with van der Waals surface area (Å²) in [7, 11) is 0. The Morgan fingerprint density at radius 1 is 1.00 bits per heavy atom. The summed E-state index contributed by atoms with van der Waals surface area (Å²) in [6, 6.07) is 19.7. The Balaban J connectivity index is 1.50. The van der Waals surface area contributed by atoms with Gasteiger partial charge in [-0.05, 0) is 23.8 Å². The number of carbonyl (C=O) groups excluding carboxylic acids is 1. The largest absolute Gasteiger partial charge is 0.369 e. The highest BCUT2D eigenvalue weighted by Gasteiger charge is 2.22. The number of hydrogen-bond donors (Lipinski definition) is 2. The number of hydrogen-bond acceptors (Lipinski definition) is 6. The van der Waals surface area contributed by atoms with Gasteiger partial charge in [0, 0.05) is 13.1 Å². The van der Waals surface area contributed by atoms with Crippen LogP contribution in [0.1, 0.15) is 30.4 Å². The Morgan fingerprint density at radius 2 is 1.67 bits per heavy atom. The maximum absolute atomic E-state index is 13.2. The molecule has 0 saturated carbocycles. The number of amides is 1. The normalized spacial score (nSPS) is 11.1. The van der Waals surface area contributed by atoms with Crippen LogP contribution in [0, 0.1) is 0 Å². The zero-order valence-electron chi connectivity index (χ0n) is 18.9. The minimum atomic E-state index is -0.364. The smallest absolute Gasteiger partial charge is 0.232 e. The van der Waals surface area contributed by atoms with E-state index in [2.05, 4.69) is 32.6 Å². The van der Waals surface area contributed by atoms with Gasteiger partial charge in [0.25, 0.3) is 0 Å². The van der Waals surface area contributed by atoms with Gasteiger partial charge < -0.3 is 10.6 Å². The van der Waals surface area contributed by atoms with Gasteiger partial charge in [-0.3, -0.25) is 4.79 Å². The lowest BCUT2D eigenvalue weighted by molar-refractivity contribution is -0.121. The summed E-state index contributed by atoms with van der Waals surface area (Å²) in [5, 5.41) is 12.6. The van der Waals surface area contributed by atoms with Crippen LogP contribution in [0.5, 0.6) is 0 Å². The first-order valence-corrected chi connectivity index (χ1v) is 12.3. The molecule has 7 nitrogen and oxygen atoms in total. The van der Waals surface area contributed by atoms with Gasteiger partial charge in [-0.25, -0.2) is 14.6 Å². The molecular formula is C25H28N6OS. The van der Waals surface area contributed by atoms with Crippen LogP contribution >= 0.6 is 11.8 Å². The van der Waals surface area contributed by atoms with Gasteiger partial charge in [-0.1, -0.05) is 79.3 Å². The molecule has 0 unspecified atom stereocenters. The van der Waals surface area contributed by atoms with Crippen LogP contribution in [-0.4, -0.2) is 45.0 Å². The van der Waals surface area contributed by atoms with E-state index in [-0.39, 0.29) is 11.8 Å². The molecule has 33 heavy (non-hydrogen) atoms. The minimum Gasteiger partial charge on any atom is -0.369 e. The highest BCUT2D eigenvalue weighted by Crippen LogP contribution is 2.25. The van der Waals surface area contributed by atoms with Gasteiger partial charge in [-0.2, -0.15) is 5.10 Å². The second-order valence-corrected chi connectivity index (χ2v) is 8.41. The molecule has 0 saturated heterocycles. The lowest BCUT2D eigenvalue weighted by atomic mass is 9.90. The molecular weight excluding hydrogens is 432 g/mol. The van der Waals surface area contributed by atoms with Gasteiger partial charge in [0.15, 0.2) is 10.8 Å². The molecule has 2 aromatic heterocycles. The average molecular weight is 461 g/mol. The van der Waals surface area contributed by atoms with Crippen molar-refractivity contribution in [2.24, 2.45) is 0 Å². The van der Waals surface area contributed by atoms with Crippen LogP contribution < -0.4 is 10.6 Å². The monoisotopic (exact) mass is 460 g/mol. The molecule has 2 N–H and O–H groups in total. The molecule has 1 amide bonds. The summed E-state index contributed by atoms with van der Waals surface area (Å²) in [6.45, 7) is 3.92. The third-order valence-corrected chi connectivity index (χ3v) is 5.90. The number of nitrogens with zero attached hydrogens (tertiary/aromatic N) is 4. The van der Waals surface area contributed by atoms with E-state index in [0.717, 1.165) is 40.9 Å². The lowest BCUT2D eigenvalue weighted by Gasteiger charge is -2.18. The molecule has 0 fully saturated rings. The van der Waals surface area contributed by atoms with E-state index in [9.17, 15) is 4.79 Å². The Hall–Kier alpha value is -3.39. The highest BCUT2D eigenvalue weighted by molar-refractivity contribution is 7.98. The Labute approximate surface area is 198 Å². The summed E-state index contributed by atoms with van der Waals surface area (Å²) in [5.74, 6) is 0.403. The van der Waals surface area contributed by atoms with E-state index >= 15 is 0 Å². The minimum absolute atomic E-state index is 0.0337. The number of nitrogens with one attached hydrogen (secondary N) is 2. The summed E-state index contributed by atoms with van der Waals surface area (Å²) in [6.07, 6.45) is 4.75.